The first-order valence-electron chi connectivity index (χ1n) is 5.04. The van der Waals surface area contributed by atoms with Gasteiger partial charge in [0.25, 0.3) is 0 Å². The summed E-state index contributed by atoms with van der Waals surface area (Å²) in [6, 6.07) is 3.71. The van der Waals surface area contributed by atoms with Gasteiger partial charge in [0.2, 0.25) is 0 Å². The lowest BCUT2D eigenvalue weighted by Crippen LogP contribution is -1.88. The van der Waals surface area contributed by atoms with Crippen molar-refractivity contribution < 1.29 is 13.2 Å². The van der Waals surface area contributed by atoms with Crippen molar-refractivity contribution in [2.75, 3.05) is 0 Å². The second kappa shape index (κ2) is 3.41. The summed E-state index contributed by atoms with van der Waals surface area (Å²) in [6.07, 6.45) is 3.24. The van der Waals surface area contributed by atoms with E-state index in [1.807, 2.05) is 6.92 Å². The maximum Gasteiger partial charge on any atom is 0.306 e. The van der Waals surface area contributed by atoms with Crippen molar-refractivity contribution >= 4 is 5.84 Å². The van der Waals surface area contributed by atoms with Gasteiger partial charge in [-0.15, -0.1) is 0 Å². The van der Waals surface area contributed by atoms with Crippen molar-refractivity contribution in [1.29, 1.82) is 0 Å². The van der Waals surface area contributed by atoms with E-state index in [1.54, 1.807) is 10.6 Å². The predicted octanol–water partition coefficient (Wildman–Crippen LogP) is 3.18. The lowest BCUT2D eigenvalue weighted by molar-refractivity contribution is 0.509. The molecule has 0 atom stereocenters. The zero-order valence-corrected chi connectivity index (χ0v) is 8.95. The zero-order valence-electron chi connectivity index (χ0n) is 8.95. The third-order valence-corrected chi connectivity index (χ3v) is 2.69. The predicted molar refractivity (Wildman–Crippen MR) is 57.5 cm³/mol. The number of rotatable bonds is 1. The van der Waals surface area contributed by atoms with Crippen LogP contribution in [0.25, 0.3) is 17.1 Å². The quantitative estimate of drug-likeness (QED) is 0.647. The largest absolute Gasteiger partial charge is 0.432 e. The van der Waals surface area contributed by atoms with Crippen LogP contribution in [-0.4, -0.2) is 9.38 Å². The van der Waals surface area contributed by atoms with Crippen LogP contribution >= 0.6 is 0 Å². The van der Waals surface area contributed by atoms with Crippen LogP contribution in [0.3, 0.4) is 0 Å². The molecule has 0 saturated heterocycles. The molecule has 3 nitrogen and oxygen atoms in total. The average Bonchev–Trinajstić information content (AvgIpc) is 2.86. The van der Waals surface area contributed by atoms with Crippen molar-refractivity contribution in [2.24, 2.45) is 0 Å². The van der Waals surface area contributed by atoms with Gasteiger partial charge in [0.05, 0.1) is 11.4 Å². The van der Waals surface area contributed by atoms with Crippen LogP contribution in [0.2, 0.25) is 0 Å². The van der Waals surface area contributed by atoms with Crippen LogP contribution in [0.1, 0.15) is 5.69 Å². The Morgan fingerprint density at radius 3 is 2.76 bits per heavy atom. The number of hydrogen-bond acceptors (Lipinski definition) is 2. The topological polar surface area (TPSA) is 30.4 Å². The van der Waals surface area contributed by atoms with Gasteiger partial charge in [0, 0.05) is 11.8 Å². The second-order valence-electron chi connectivity index (χ2n) is 3.73. The highest BCUT2D eigenvalue weighted by molar-refractivity contribution is 5.64. The lowest BCUT2D eigenvalue weighted by Gasteiger charge is -1.99. The molecule has 0 unspecified atom stereocenters. The van der Waals surface area contributed by atoms with Crippen molar-refractivity contribution in [3.05, 3.63) is 48.0 Å². The molecule has 0 radical (unpaired) electrons. The molecule has 0 saturated carbocycles. The van der Waals surface area contributed by atoms with Crippen LogP contribution < -0.4 is 0 Å². The average molecular weight is 234 g/mol. The highest BCUT2D eigenvalue weighted by atomic mass is 19.2. The molecule has 0 N–H and O–H groups in total. The summed E-state index contributed by atoms with van der Waals surface area (Å²) in [5.41, 5.74) is 1.93. The zero-order chi connectivity index (χ0) is 12.0. The fraction of sp³-hybridized carbons (Fsp3) is 0.0833. The van der Waals surface area contributed by atoms with Crippen molar-refractivity contribution in [2.45, 2.75) is 6.92 Å². The molecule has 3 rings (SSSR count). The molecule has 0 aliphatic rings. The SMILES string of the molecule is Cc1c(-c2ccc(F)c(F)c2)nc2occn12. The number of hydrogen-bond donors (Lipinski definition) is 0. The number of nitrogens with zero attached hydrogens (tertiary/aromatic N) is 2. The highest BCUT2D eigenvalue weighted by Gasteiger charge is 2.13. The van der Waals surface area contributed by atoms with Gasteiger partial charge in [-0.2, -0.15) is 4.98 Å². The molecule has 0 bridgehead atoms. The first-order valence-corrected chi connectivity index (χ1v) is 5.04. The smallest absolute Gasteiger partial charge is 0.306 e. The van der Waals surface area contributed by atoms with E-state index < -0.39 is 11.6 Å². The van der Waals surface area contributed by atoms with Gasteiger partial charge >= 0.3 is 5.84 Å². The lowest BCUT2D eigenvalue weighted by atomic mass is 10.1. The normalized spacial score (nSPS) is 11.2. The van der Waals surface area contributed by atoms with Crippen molar-refractivity contribution in [1.82, 2.24) is 9.38 Å². The van der Waals surface area contributed by atoms with Gasteiger partial charge in [-0.1, -0.05) is 0 Å². The Balaban J connectivity index is 2.22. The number of imidazole rings is 1. The van der Waals surface area contributed by atoms with E-state index >= 15 is 0 Å². The summed E-state index contributed by atoms with van der Waals surface area (Å²) in [6.45, 7) is 1.84. The van der Waals surface area contributed by atoms with Gasteiger partial charge in [0.15, 0.2) is 11.6 Å². The van der Waals surface area contributed by atoms with Crippen LogP contribution in [-0.2, 0) is 0 Å². The molecule has 3 aromatic rings. The third kappa shape index (κ3) is 1.43. The third-order valence-electron chi connectivity index (χ3n) is 2.69. The summed E-state index contributed by atoms with van der Waals surface area (Å²) in [5, 5.41) is 0. The number of benzene rings is 1. The van der Waals surface area contributed by atoms with Gasteiger partial charge in [-0.3, -0.25) is 4.40 Å². The first kappa shape index (κ1) is 10.0. The number of oxazole rings is 1. The Morgan fingerprint density at radius 2 is 2.06 bits per heavy atom. The summed E-state index contributed by atoms with van der Waals surface area (Å²) in [4.78, 5) is 4.22. The van der Waals surface area contributed by atoms with Crippen LogP contribution in [0.5, 0.6) is 0 Å². The van der Waals surface area contributed by atoms with Gasteiger partial charge in [0.1, 0.15) is 6.26 Å². The maximum atomic E-state index is 13.1. The number of fused-ring (bicyclic) bond motifs is 1. The van der Waals surface area contributed by atoms with E-state index in [0.717, 1.165) is 17.8 Å². The Bertz CT molecular complexity index is 700. The Kier molecular flexibility index (Phi) is 2.01. The Hall–Kier alpha value is -2.17. The van der Waals surface area contributed by atoms with E-state index in [4.69, 9.17) is 4.42 Å². The highest BCUT2D eigenvalue weighted by Crippen LogP contribution is 2.25. The van der Waals surface area contributed by atoms with E-state index in [9.17, 15) is 8.78 Å². The molecule has 1 aromatic carbocycles. The maximum absolute atomic E-state index is 13.1. The van der Waals surface area contributed by atoms with Gasteiger partial charge in [-0.05, 0) is 25.1 Å². The van der Waals surface area contributed by atoms with E-state index in [-0.39, 0.29) is 0 Å². The van der Waals surface area contributed by atoms with Crippen LogP contribution in [0.15, 0.2) is 35.1 Å². The number of aromatic nitrogens is 2. The molecule has 0 fully saturated rings. The molecule has 17 heavy (non-hydrogen) atoms. The molecular formula is C12H8F2N2O. The van der Waals surface area contributed by atoms with Gasteiger partial charge < -0.3 is 4.42 Å². The molecule has 0 aliphatic carbocycles. The molecule has 0 amide bonds. The van der Waals surface area contributed by atoms with Crippen molar-refractivity contribution in [3.8, 4) is 11.3 Å². The second-order valence-corrected chi connectivity index (χ2v) is 3.73. The minimum Gasteiger partial charge on any atom is -0.432 e. The van der Waals surface area contributed by atoms with E-state index in [1.165, 1.54) is 12.3 Å². The van der Waals surface area contributed by atoms with Gasteiger partial charge in [-0.25, -0.2) is 8.78 Å². The minimum absolute atomic E-state index is 0.433. The summed E-state index contributed by atoms with van der Waals surface area (Å²) < 4.78 is 32.9. The summed E-state index contributed by atoms with van der Waals surface area (Å²) in [7, 11) is 0. The Morgan fingerprint density at radius 1 is 1.24 bits per heavy atom. The molecule has 2 aromatic heterocycles. The van der Waals surface area contributed by atoms with E-state index in [0.29, 0.717) is 17.1 Å². The van der Waals surface area contributed by atoms with Crippen LogP contribution in [0, 0.1) is 18.6 Å². The fourth-order valence-corrected chi connectivity index (χ4v) is 1.82. The molecule has 0 aliphatic heterocycles. The molecule has 0 spiro atoms. The molecular weight excluding hydrogens is 226 g/mol. The molecule has 5 heteroatoms. The van der Waals surface area contributed by atoms with E-state index in [2.05, 4.69) is 4.98 Å². The molecule has 86 valence electrons. The van der Waals surface area contributed by atoms with Crippen molar-refractivity contribution in [3.63, 3.8) is 0 Å². The summed E-state index contributed by atoms with van der Waals surface area (Å²) >= 11 is 0. The first-order chi connectivity index (χ1) is 8.16. The monoisotopic (exact) mass is 234 g/mol. The van der Waals surface area contributed by atoms with Crippen LogP contribution in [0.4, 0.5) is 8.78 Å². The number of aryl methyl sites for hydroxylation is 1. The summed E-state index contributed by atoms with van der Waals surface area (Å²) in [5.74, 6) is -1.32. The Labute approximate surface area is 95.3 Å². The minimum atomic E-state index is -0.883. The standard InChI is InChI=1S/C12H8F2N2O/c1-7-11(15-12-16(7)4-5-17-12)8-2-3-9(13)10(14)6-8/h2-6H,1H3. The fourth-order valence-electron chi connectivity index (χ4n) is 1.82. The molecule has 2 heterocycles. The number of halogens is 2.